The maximum Gasteiger partial charge on any atom is 0.320 e. The Hall–Kier alpha value is -3.36. The van der Waals surface area contributed by atoms with Crippen LogP contribution < -0.4 is 10.2 Å². The molecule has 0 amide bonds. The molecule has 1 aliphatic heterocycles. The van der Waals surface area contributed by atoms with Crippen molar-refractivity contribution in [3.63, 3.8) is 0 Å². The highest BCUT2D eigenvalue weighted by Crippen LogP contribution is 2.37. The van der Waals surface area contributed by atoms with Crippen LogP contribution in [0, 0.1) is 6.92 Å². The summed E-state index contributed by atoms with van der Waals surface area (Å²) in [5.41, 5.74) is 5.28. The molecule has 0 unspecified atom stereocenters. The normalized spacial score (nSPS) is 19.3. The average molecular weight is 390 g/mol. The predicted molar refractivity (Wildman–Crippen MR) is 107 cm³/mol. The van der Waals surface area contributed by atoms with E-state index in [1.54, 1.807) is 6.33 Å². The zero-order valence-corrected chi connectivity index (χ0v) is 16.2. The molecule has 0 spiro atoms. The Morgan fingerprint density at radius 1 is 1.28 bits per heavy atom. The Morgan fingerprint density at radius 3 is 3.03 bits per heavy atom. The number of H-pyrrole nitrogens is 1. The number of aryl methyl sites for hydroxylation is 1. The maximum absolute atomic E-state index is 5.99. The molecule has 2 N–H and O–H groups in total. The topological polar surface area (TPSA) is 100 Å². The molecule has 9 heteroatoms. The molecule has 1 fully saturated rings. The molecule has 148 valence electrons. The molecule has 2 aliphatic rings. The smallest absolute Gasteiger partial charge is 0.320 e. The van der Waals surface area contributed by atoms with Crippen molar-refractivity contribution >= 4 is 17.5 Å². The van der Waals surface area contributed by atoms with Crippen LogP contribution in [0.1, 0.15) is 47.9 Å². The zero-order valence-electron chi connectivity index (χ0n) is 16.2. The number of aromatic nitrogens is 6. The van der Waals surface area contributed by atoms with Crippen molar-refractivity contribution in [3.8, 4) is 0 Å². The van der Waals surface area contributed by atoms with E-state index < -0.39 is 0 Å². The van der Waals surface area contributed by atoms with Gasteiger partial charge in [-0.05, 0) is 43.9 Å². The van der Waals surface area contributed by atoms with Crippen LogP contribution in [-0.2, 0) is 6.42 Å². The molecule has 5 heterocycles. The predicted octanol–water partition coefficient (Wildman–Crippen LogP) is 2.87. The third kappa shape index (κ3) is 2.68. The maximum atomic E-state index is 5.99. The van der Waals surface area contributed by atoms with Gasteiger partial charge in [0.15, 0.2) is 0 Å². The lowest BCUT2D eigenvalue weighted by molar-refractivity contribution is 0.426. The Morgan fingerprint density at radius 2 is 2.21 bits per heavy atom. The third-order valence-corrected chi connectivity index (χ3v) is 6.03. The van der Waals surface area contributed by atoms with E-state index in [1.807, 2.05) is 16.8 Å². The number of hydrogen-bond donors (Lipinski definition) is 2. The molecule has 1 saturated carbocycles. The summed E-state index contributed by atoms with van der Waals surface area (Å²) in [7, 11) is 0. The van der Waals surface area contributed by atoms with Crippen LogP contribution in [-0.4, -0.2) is 42.4 Å². The van der Waals surface area contributed by atoms with Gasteiger partial charge < -0.3 is 19.6 Å². The fourth-order valence-corrected chi connectivity index (χ4v) is 4.21. The second-order valence-electron chi connectivity index (χ2n) is 7.86. The van der Waals surface area contributed by atoms with Crippen molar-refractivity contribution in [2.24, 2.45) is 0 Å². The highest BCUT2D eigenvalue weighted by atomic mass is 16.4. The second-order valence-corrected chi connectivity index (χ2v) is 7.86. The molecule has 0 saturated heterocycles. The first-order chi connectivity index (χ1) is 14.3. The quantitative estimate of drug-likeness (QED) is 0.553. The summed E-state index contributed by atoms with van der Waals surface area (Å²) in [6.07, 6.45) is 8.12. The fourth-order valence-electron chi connectivity index (χ4n) is 4.21. The number of hydrogen-bond acceptors (Lipinski definition) is 7. The number of aromatic amines is 1. The van der Waals surface area contributed by atoms with Crippen LogP contribution in [0.2, 0.25) is 0 Å². The summed E-state index contributed by atoms with van der Waals surface area (Å²) >= 11 is 0. The first-order valence-electron chi connectivity index (χ1n) is 10.1. The lowest BCUT2D eigenvalue weighted by Gasteiger charge is -2.32. The van der Waals surface area contributed by atoms with E-state index in [0.717, 1.165) is 48.4 Å². The van der Waals surface area contributed by atoms with Crippen molar-refractivity contribution in [2.45, 2.75) is 44.7 Å². The number of imidazole rings is 1. The van der Waals surface area contributed by atoms with Gasteiger partial charge in [0.1, 0.15) is 6.04 Å². The first kappa shape index (κ1) is 16.6. The average Bonchev–Trinajstić information content (AvgIpc) is 3.42. The minimum absolute atomic E-state index is 0.179. The molecule has 0 aromatic carbocycles. The number of pyridine rings is 1. The largest absolute Gasteiger partial charge is 0.389 e. The lowest BCUT2D eigenvalue weighted by Crippen LogP contribution is -2.37. The summed E-state index contributed by atoms with van der Waals surface area (Å²) in [6.45, 7) is 2.84. The molecule has 0 radical (unpaired) electrons. The van der Waals surface area contributed by atoms with E-state index in [9.17, 15) is 0 Å². The van der Waals surface area contributed by atoms with Gasteiger partial charge in [-0.3, -0.25) is 0 Å². The second kappa shape index (κ2) is 6.33. The molecular formula is C20H22N8O. The van der Waals surface area contributed by atoms with Crippen molar-refractivity contribution < 1.29 is 4.42 Å². The van der Waals surface area contributed by atoms with Gasteiger partial charge in [0.2, 0.25) is 0 Å². The molecular weight excluding hydrogens is 368 g/mol. The van der Waals surface area contributed by atoms with Gasteiger partial charge in [0.05, 0.1) is 23.2 Å². The molecule has 4 aromatic rings. The van der Waals surface area contributed by atoms with Crippen LogP contribution in [0.3, 0.4) is 0 Å². The fraction of sp³-hybridized carbons (Fsp3) is 0.400. The van der Waals surface area contributed by atoms with E-state index in [2.05, 4.69) is 49.4 Å². The molecule has 9 nitrogen and oxygen atoms in total. The van der Waals surface area contributed by atoms with E-state index in [-0.39, 0.29) is 6.04 Å². The Balaban J connectivity index is 1.41. The third-order valence-electron chi connectivity index (χ3n) is 6.03. The molecule has 1 atom stereocenters. The van der Waals surface area contributed by atoms with Gasteiger partial charge >= 0.3 is 12.0 Å². The summed E-state index contributed by atoms with van der Waals surface area (Å²) in [5, 5.41) is 16.7. The summed E-state index contributed by atoms with van der Waals surface area (Å²) in [6, 6.07) is 7.48. The molecule has 1 aliphatic carbocycles. The Bertz CT molecular complexity index is 1170. The summed E-state index contributed by atoms with van der Waals surface area (Å²) in [4.78, 5) is 9.99. The molecule has 4 aromatic heterocycles. The van der Waals surface area contributed by atoms with Crippen molar-refractivity contribution in [3.05, 3.63) is 53.4 Å². The minimum atomic E-state index is -0.179. The summed E-state index contributed by atoms with van der Waals surface area (Å²) < 4.78 is 7.91. The molecule has 0 bridgehead atoms. The van der Waals surface area contributed by atoms with E-state index in [1.165, 1.54) is 12.0 Å². The van der Waals surface area contributed by atoms with Gasteiger partial charge in [-0.15, -0.1) is 0 Å². The number of anilines is 2. The van der Waals surface area contributed by atoms with Crippen molar-refractivity contribution in [1.82, 2.24) is 29.8 Å². The zero-order chi connectivity index (χ0) is 19.4. The number of nitrogens with zero attached hydrogens (tertiary/aromatic N) is 6. The van der Waals surface area contributed by atoms with Gasteiger partial charge in [0, 0.05) is 30.9 Å². The van der Waals surface area contributed by atoms with Crippen LogP contribution in [0.4, 0.5) is 12.0 Å². The Kier molecular flexibility index (Phi) is 3.62. The van der Waals surface area contributed by atoms with Crippen molar-refractivity contribution in [2.75, 3.05) is 16.8 Å². The first-order valence-corrected chi connectivity index (χ1v) is 10.1. The van der Waals surface area contributed by atoms with Gasteiger partial charge in [-0.25, -0.2) is 9.50 Å². The van der Waals surface area contributed by atoms with Gasteiger partial charge in [-0.1, -0.05) is 16.3 Å². The number of fused-ring (bicyclic) bond motifs is 2. The molecule has 6 rings (SSSR count). The Labute approximate surface area is 167 Å². The molecule has 29 heavy (non-hydrogen) atoms. The van der Waals surface area contributed by atoms with E-state index >= 15 is 0 Å². The number of rotatable bonds is 4. The highest BCUT2D eigenvalue weighted by molar-refractivity contribution is 5.57. The standard InChI is InChI=1S/C20H22N8O/c1-12-4-3-8-28-16(12)10-15(26-28)18-17-14(21-11-22-17)7-9-27(18)20-25-24-19(29-20)23-13-5-2-6-13/h3-4,8,10-11,13,18H,2,5-7,9H2,1H3,(H,21,22)(H,23,24)/t18-/m0/s1. The van der Waals surface area contributed by atoms with Gasteiger partial charge in [0.25, 0.3) is 0 Å². The van der Waals surface area contributed by atoms with Crippen LogP contribution in [0.15, 0.2) is 35.1 Å². The van der Waals surface area contributed by atoms with E-state index in [0.29, 0.717) is 18.1 Å². The van der Waals surface area contributed by atoms with Crippen LogP contribution in [0.5, 0.6) is 0 Å². The SMILES string of the molecule is Cc1cccn2nc([C@H]3c4nc[nH]c4CCN3c3nnc(NC4CCC4)o3)cc12. The number of nitrogens with one attached hydrogen (secondary N) is 2. The monoisotopic (exact) mass is 390 g/mol. The highest BCUT2D eigenvalue weighted by Gasteiger charge is 2.36. The van der Waals surface area contributed by atoms with Crippen LogP contribution in [0.25, 0.3) is 5.52 Å². The lowest BCUT2D eigenvalue weighted by atomic mass is 9.93. The summed E-state index contributed by atoms with van der Waals surface area (Å²) in [5.74, 6) is 0. The van der Waals surface area contributed by atoms with Crippen LogP contribution >= 0.6 is 0 Å². The van der Waals surface area contributed by atoms with E-state index in [4.69, 9.17) is 9.52 Å². The minimum Gasteiger partial charge on any atom is -0.389 e. The van der Waals surface area contributed by atoms with Gasteiger partial charge in [-0.2, -0.15) is 5.10 Å². The van der Waals surface area contributed by atoms with Crippen molar-refractivity contribution in [1.29, 1.82) is 0 Å².